The highest BCUT2D eigenvalue weighted by atomic mass is 16.5. The molecule has 0 fully saturated rings. The Morgan fingerprint density at radius 3 is 1.00 bits per heavy atom. The van der Waals surface area contributed by atoms with Crippen LogP contribution in [0.3, 0.4) is 0 Å². The minimum absolute atomic E-state index is 0.204. The zero-order valence-corrected chi connectivity index (χ0v) is 27.3. The van der Waals surface area contributed by atoms with E-state index in [2.05, 4.69) is 83.1 Å². The molecule has 0 unspecified atom stereocenters. The van der Waals surface area contributed by atoms with Crippen molar-refractivity contribution in [2.75, 3.05) is 13.2 Å². The summed E-state index contributed by atoms with van der Waals surface area (Å²) in [5.74, 6) is 2.21. The minimum atomic E-state index is -0.419. The molecule has 0 heterocycles. The molecule has 0 saturated heterocycles. The van der Waals surface area contributed by atoms with Gasteiger partial charge in [0.1, 0.15) is 23.0 Å². The van der Waals surface area contributed by atoms with Gasteiger partial charge in [-0.05, 0) is 71.6 Å². The predicted molar refractivity (Wildman–Crippen MR) is 166 cm³/mol. The minimum Gasteiger partial charge on any atom is -0.507 e. The van der Waals surface area contributed by atoms with Gasteiger partial charge in [0.05, 0.1) is 19.3 Å². The number of aromatic hydroxyl groups is 2. The zero-order valence-electron chi connectivity index (χ0n) is 27.3. The van der Waals surface area contributed by atoms with Crippen LogP contribution >= 0.6 is 0 Å². The molecule has 5 nitrogen and oxygen atoms in total. The maximum atomic E-state index is 10.9. The number of hydrogen-bond acceptors (Lipinski definition) is 5. The Balaban J connectivity index is 1.90. The molecule has 2 aromatic rings. The van der Waals surface area contributed by atoms with Gasteiger partial charge in [-0.15, -0.1) is 0 Å². The van der Waals surface area contributed by atoms with Crippen LogP contribution in [0.4, 0.5) is 0 Å². The van der Waals surface area contributed by atoms with Crippen LogP contribution in [-0.2, 0) is 21.7 Å². The molecule has 0 atom stereocenters. The third kappa shape index (κ3) is 9.33. The van der Waals surface area contributed by atoms with Crippen LogP contribution in [0.5, 0.6) is 23.0 Å². The summed E-state index contributed by atoms with van der Waals surface area (Å²) in [6.45, 7) is 26.1. The molecule has 0 saturated carbocycles. The van der Waals surface area contributed by atoms with Gasteiger partial charge in [-0.25, -0.2) is 0 Å². The lowest BCUT2D eigenvalue weighted by Crippen LogP contribution is -2.18. The Kier molecular flexibility index (Phi) is 10.7. The maximum Gasteiger partial charge on any atom is 0.123 e. The number of aliphatic hydroxyl groups is 1. The number of aliphatic hydroxyl groups excluding tert-OH is 1. The normalized spacial score (nSPS) is 13.2. The van der Waals surface area contributed by atoms with Crippen LogP contribution in [0.1, 0.15) is 131 Å². The van der Waals surface area contributed by atoms with Crippen LogP contribution < -0.4 is 9.47 Å². The fraction of sp³-hybridized carbons (Fsp3) is 0.657. The van der Waals surface area contributed by atoms with Crippen LogP contribution in [-0.4, -0.2) is 34.6 Å². The lowest BCUT2D eigenvalue weighted by atomic mass is 9.79. The van der Waals surface area contributed by atoms with Crippen molar-refractivity contribution in [3.63, 3.8) is 0 Å². The van der Waals surface area contributed by atoms with Gasteiger partial charge in [0.15, 0.2) is 0 Å². The number of rotatable bonds is 10. The maximum absolute atomic E-state index is 10.9. The van der Waals surface area contributed by atoms with Gasteiger partial charge in [-0.2, -0.15) is 0 Å². The molecule has 0 bridgehead atoms. The van der Waals surface area contributed by atoms with E-state index >= 15 is 0 Å². The van der Waals surface area contributed by atoms with Crippen molar-refractivity contribution in [3.05, 3.63) is 46.5 Å². The first-order valence-electron chi connectivity index (χ1n) is 14.8. The summed E-state index contributed by atoms with van der Waals surface area (Å²) in [5, 5.41) is 32.4. The number of benzene rings is 2. The van der Waals surface area contributed by atoms with Crippen molar-refractivity contribution in [2.45, 2.75) is 137 Å². The Morgan fingerprint density at radius 1 is 0.525 bits per heavy atom. The number of ether oxygens (including phenoxy) is 2. The van der Waals surface area contributed by atoms with Crippen molar-refractivity contribution in [1.29, 1.82) is 0 Å². The van der Waals surface area contributed by atoms with Gasteiger partial charge in [-0.1, -0.05) is 83.1 Å². The molecule has 0 radical (unpaired) electrons. The molecular weight excluding hydrogens is 500 g/mol. The van der Waals surface area contributed by atoms with Crippen LogP contribution in [0.2, 0.25) is 0 Å². The van der Waals surface area contributed by atoms with Gasteiger partial charge >= 0.3 is 0 Å². The highest BCUT2D eigenvalue weighted by molar-refractivity contribution is 5.53. The summed E-state index contributed by atoms with van der Waals surface area (Å²) >= 11 is 0. The number of hydrogen-bond donors (Lipinski definition) is 3. The van der Waals surface area contributed by atoms with Crippen molar-refractivity contribution in [3.8, 4) is 23.0 Å². The van der Waals surface area contributed by atoms with E-state index < -0.39 is 6.10 Å². The fourth-order valence-electron chi connectivity index (χ4n) is 4.83. The Bertz CT molecular complexity index is 961. The van der Waals surface area contributed by atoms with Crippen LogP contribution in [0, 0.1) is 0 Å². The van der Waals surface area contributed by atoms with E-state index in [1.165, 1.54) is 0 Å². The number of phenols is 2. The smallest absolute Gasteiger partial charge is 0.123 e. The molecule has 40 heavy (non-hydrogen) atoms. The molecule has 0 aliphatic carbocycles. The topological polar surface area (TPSA) is 79.2 Å². The molecule has 2 aromatic carbocycles. The van der Waals surface area contributed by atoms with Crippen molar-refractivity contribution >= 4 is 0 Å². The standard InChI is InChI=1S/C35H56O5/c1-32(2,3)26-19-24(20-27(30(26)37)33(4,5)6)39-17-13-15-23(36)16-14-18-40-25-21-28(34(7,8)9)31(38)29(22-25)35(10,11)12/h19-23,36-38H,13-18H2,1-12H3. The molecule has 2 rings (SSSR count). The van der Waals surface area contributed by atoms with E-state index in [9.17, 15) is 15.3 Å². The van der Waals surface area contributed by atoms with Crippen LogP contribution in [0.15, 0.2) is 24.3 Å². The van der Waals surface area contributed by atoms with Crippen molar-refractivity contribution < 1.29 is 24.8 Å². The van der Waals surface area contributed by atoms with Gasteiger partial charge in [-0.3, -0.25) is 0 Å². The zero-order chi connectivity index (χ0) is 30.7. The monoisotopic (exact) mass is 556 g/mol. The lowest BCUT2D eigenvalue weighted by Gasteiger charge is -2.28. The Hall–Kier alpha value is -2.40. The third-order valence-electron chi connectivity index (χ3n) is 7.30. The van der Waals surface area contributed by atoms with E-state index in [1.54, 1.807) is 0 Å². The predicted octanol–water partition coefficient (Wildman–Crippen LogP) is 8.67. The van der Waals surface area contributed by atoms with E-state index in [1.807, 2.05) is 24.3 Å². The Labute approximate surface area is 243 Å². The summed E-state index contributed by atoms with van der Waals surface area (Å²) in [6.07, 6.45) is 2.36. The largest absolute Gasteiger partial charge is 0.507 e. The first-order chi connectivity index (χ1) is 18.1. The van der Waals surface area contributed by atoms with E-state index in [4.69, 9.17) is 9.47 Å². The first-order valence-corrected chi connectivity index (χ1v) is 14.8. The summed E-state index contributed by atoms with van der Waals surface area (Å²) in [4.78, 5) is 0. The second-order valence-electron chi connectivity index (χ2n) is 15.4. The molecule has 0 aromatic heterocycles. The summed E-state index contributed by atoms with van der Waals surface area (Å²) in [5.41, 5.74) is 2.71. The Morgan fingerprint density at radius 2 is 0.775 bits per heavy atom. The molecule has 3 N–H and O–H groups in total. The highest BCUT2D eigenvalue weighted by Crippen LogP contribution is 2.43. The van der Waals surface area contributed by atoms with Gasteiger partial charge < -0.3 is 24.8 Å². The number of phenolic OH excluding ortho intramolecular Hbond substituents is 2. The van der Waals surface area contributed by atoms with Crippen molar-refractivity contribution in [1.82, 2.24) is 0 Å². The summed E-state index contributed by atoms with van der Waals surface area (Å²) < 4.78 is 12.2. The first kappa shape index (κ1) is 33.8. The van der Waals surface area contributed by atoms with E-state index in [0.717, 1.165) is 46.6 Å². The highest BCUT2D eigenvalue weighted by Gasteiger charge is 2.28. The molecule has 0 spiro atoms. The van der Waals surface area contributed by atoms with Crippen LogP contribution in [0.25, 0.3) is 0 Å². The summed E-state index contributed by atoms with van der Waals surface area (Å²) in [6, 6.07) is 7.77. The molecule has 0 amide bonds. The molecule has 0 aliphatic heterocycles. The van der Waals surface area contributed by atoms with E-state index in [0.29, 0.717) is 37.6 Å². The van der Waals surface area contributed by atoms with Gasteiger partial charge in [0.25, 0.3) is 0 Å². The summed E-state index contributed by atoms with van der Waals surface area (Å²) in [7, 11) is 0. The second-order valence-corrected chi connectivity index (χ2v) is 15.4. The third-order valence-corrected chi connectivity index (χ3v) is 7.30. The quantitative estimate of drug-likeness (QED) is 0.255. The average molecular weight is 557 g/mol. The average Bonchev–Trinajstić information content (AvgIpc) is 2.78. The molecule has 0 aliphatic rings. The second kappa shape index (κ2) is 12.6. The molecule has 226 valence electrons. The lowest BCUT2D eigenvalue weighted by molar-refractivity contribution is 0.134. The molecular formula is C35H56O5. The van der Waals surface area contributed by atoms with Crippen molar-refractivity contribution in [2.24, 2.45) is 0 Å². The molecule has 5 heteroatoms. The fourth-order valence-corrected chi connectivity index (χ4v) is 4.83. The van der Waals surface area contributed by atoms with Gasteiger partial charge in [0, 0.05) is 22.3 Å². The SMILES string of the molecule is CC(C)(C)c1cc(OCCCC(O)CCCOc2cc(C(C)(C)C)c(O)c(C(C)(C)C)c2)cc(C(C)(C)C)c1O. The van der Waals surface area contributed by atoms with E-state index in [-0.39, 0.29) is 21.7 Å². The van der Waals surface area contributed by atoms with Gasteiger partial charge in [0.2, 0.25) is 0 Å².